The SMILES string of the molecule is Cc1cc(CN[C@@H]2C=C[C@H](CO)C2)sc1Br. The normalized spacial score (nSPS) is 24.2. The second kappa shape index (κ2) is 5.45. The van der Waals surface area contributed by atoms with Crippen LogP contribution in [0.15, 0.2) is 22.0 Å². The van der Waals surface area contributed by atoms with Gasteiger partial charge in [0, 0.05) is 30.0 Å². The second-order valence-electron chi connectivity index (χ2n) is 4.22. The van der Waals surface area contributed by atoms with Gasteiger partial charge in [0.25, 0.3) is 0 Å². The number of aliphatic hydroxyl groups excluding tert-OH is 1. The zero-order valence-electron chi connectivity index (χ0n) is 9.24. The largest absolute Gasteiger partial charge is 0.396 e. The summed E-state index contributed by atoms with van der Waals surface area (Å²) in [7, 11) is 0. The van der Waals surface area contributed by atoms with Crippen LogP contribution in [0.25, 0.3) is 0 Å². The summed E-state index contributed by atoms with van der Waals surface area (Å²) in [5, 5.41) is 12.5. The van der Waals surface area contributed by atoms with Crippen LogP contribution in [0.3, 0.4) is 0 Å². The summed E-state index contributed by atoms with van der Waals surface area (Å²) in [5.74, 6) is 0.342. The molecule has 1 aromatic heterocycles. The van der Waals surface area contributed by atoms with Crippen molar-refractivity contribution in [1.82, 2.24) is 5.32 Å². The molecule has 1 aliphatic rings. The first-order valence-corrected chi connectivity index (χ1v) is 7.07. The van der Waals surface area contributed by atoms with Crippen LogP contribution in [0.2, 0.25) is 0 Å². The van der Waals surface area contributed by atoms with E-state index in [1.54, 1.807) is 11.3 Å². The molecule has 0 aliphatic heterocycles. The van der Waals surface area contributed by atoms with E-state index in [-0.39, 0.29) is 6.61 Å². The molecule has 0 saturated carbocycles. The number of thiophene rings is 1. The van der Waals surface area contributed by atoms with Gasteiger partial charge in [-0.2, -0.15) is 0 Å². The molecule has 4 heteroatoms. The summed E-state index contributed by atoms with van der Waals surface area (Å²) in [6.45, 7) is 3.28. The van der Waals surface area contributed by atoms with Crippen molar-refractivity contribution in [3.63, 3.8) is 0 Å². The van der Waals surface area contributed by atoms with Crippen molar-refractivity contribution >= 4 is 27.3 Å². The van der Waals surface area contributed by atoms with Crippen LogP contribution in [0.4, 0.5) is 0 Å². The maximum atomic E-state index is 9.03. The lowest BCUT2D eigenvalue weighted by molar-refractivity contribution is 0.246. The van der Waals surface area contributed by atoms with Gasteiger partial charge in [0.1, 0.15) is 0 Å². The Morgan fingerprint density at radius 3 is 2.94 bits per heavy atom. The maximum Gasteiger partial charge on any atom is 0.0730 e. The van der Waals surface area contributed by atoms with Crippen molar-refractivity contribution in [2.75, 3.05) is 6.61 Å². The Labute approximate surface area is 109 Å². The third-order valence-corrected chi connectivity index (χ3v) is 4.99. The number of aryl methyl sites for hydroxylation is 1. The molecular formula is C12H16BrNOS. The standard InChI is InChI=1S/C12H16BrNOS/c1-8-4-11(16-12(8)13)6-14-10-3-2-9(5-10)7-15/h2-4,9-10,14-15H,5-7H2,1H3/t9-,10+/m0/s1. The zero-order valence-corrected chi connectivity index (χ0v) is 11.6. The summed E-state index contributed by atoms with van der Waals surface area (Å²) in [4.78, 5) is 1.35. The molecule has 88 valence electrons. The number of aliphatic hydroxyl groups is 1. The molecule has 16 heavy (non-hydrogen) atoms. The minimum absolute atomic E-state index is 0.262. The lowest BCUT2D eigenvalue weighted by Gasteiger charge is -2.11. The number of halogens is 1. The quantitative estimate of drug-likeness (QED) is 0.838. The van der Waals surface area contributed by atoms with Crippen LogP contribution >= 0.6 is 27.3 Å². The first-order valence-electron chi connectivity index (χ1n) is 5.46. The van der Waals surface area contributed by atoms with E-state index in [9.17, 15) is 0 Å². The van der Waals surface area contributed by atoms with Gasteiger partial charge in [-0.15, -0.1) is 11.3 Å². The highest BCUT2D eigenvalue weighted by molar-refractivity contribution is 9.11. The van der Waals surface area contributed by atoms with Gasteiger partial charge in [0.05, 0.1) is 3.79 Å². The molecule has 1 heterocycles. The predicted molar refractivity (Wildman–Crippen MR) is 71.7 cm³/mol. The number of hydrogen-bond donors (Lipinski definition) is 2. The van der Waals surface area contributed by atoms with Gasteiger partial charge in [-0.05, 0) is 40.9 Å². The Morgan fingerprint density at radius 1 is 1.56 bits per heavy atom. The van der Waals surface area contributed by atoms with Crippen LogP contribution in [-0.4, -0.2) is 17.8 Å². The Morgan fingerprint density at radius 2 is 2.38 bits per heavy atom. The van der Waals surface area contributed by atoms with E-state index in [1.165, 1.54) is 14.2 Å². The molecule has 1 aliphatic carbocycles. The molecule has 0 aromatic carbocycles. The fraction of sp³-hybridized carbons (Fsp3) is 0.500. The third-order valence-electron chi connectivity index (χ3n) is 2.85. The molecular weight excluding hydrogens is 286 g/mol. The summed E-state index contributed by atoms with van der Waals surface area (Å²) in [5.41, 5.74) is 1.30. The summed E-state index contributed by atoms with van der Waals surface area (Å²) >= 11 is 5.32. The van der Waals surface area contributed by atoms with E-state index < -0.39 is 0 Å². The number of hydrogen-bond acceptors (Lipinski definition) is 3. The summed E-state index contributed by atoms with van der Waals surface area (Å²) < 4.78 is 1.22. The highest BCUT2D eigenvalue weighted by Gasteiger charge is 2.17. The molecule has 0 fully saturated rings. The Hall–Kier alpha value is -0.160. The van der Waals surface area contributed by atoms with Crippen LogP contribution in [0, 0.1) is 12.8 Å². The monoisotopic (exact) mass is 301 g/mol. The average Bonchev–Trinajstić information content (AvgIpc) is 2.84. The Bertz CT molecular complexity index is 369. The minimum Gasteiger partial charge on any atom is -0.396 e. The fourth-order valence-electron chi connectivity index (χ4n) is 1.90. The van der Waals surface area contributed by atoms with Crippen LogP contribution in [0.5, 0.6) is 0 Å². The molecule has 0 unspecified atom stereocenters. The summed E-state index contributed by atoms with van der Waals surface area (Å²) in [6.07, 6.45) is 5.28. The van der Waals surface area contributed by atoms with Gasteiger partial charge >= 0.3 is 0 Å². The average molecular weight is 302 g/mol. The van der Waals surface area contributed by atoms with Gasteiger partial charge in [0.15, 0.2) is 0 Å². The van der Waals surface area contributed by atoms with E-state index in [0.717, 1.165) is 13.0 Å². The number of nitrogens with one attached hydrogen (secondary N) is 1. The van der Waals surface area contributed by atoms with Crippen molar-refractivity contribution in [3.8, 4) is 0 Å². The Balaban J connectivity index is 1.82. The molecule has 2 N–H and O–H groups in total. The van der Waals surface area contributed by atoms with E-state index in [4.69, 9.17) is 5.11 Å². The lowest BCUT2D eigenvalue weighted by Crippen LogP contribution is -2.25. The van der Waals surface area contributed by atoms with Crippen molar-refractivity contribution in [2.45, 2.75) is 25.9 Å². The molecule has 2 atom stereocenters. The zero-order chi connectivity index (χ0) is 11.5. The number of rotatable bonds is 4. The van der Waals surface area contributed by atoms with E-state index in [1.807, 2.05) is 0 Å². The fourth-order valence-corrected chi connectivity index (χ4v) is 3.48. The van der Waals surface area contributed by atoms with Crippen molar-refractivity contribution in [2.24, 2.45) is 5.92 Å². The lowest BCUT2D eigenvalue weighted by atomic mass is 10.1. The highest BCUT2D eigenvalue weighted by Crippen LogP contribution is 2.27. The van der Waals surface area contributed by atoms with Gasteiger partial charge in [-0.25, -0.2) is 0 Å². The highest BCUT2D eigenvalue weighted by atomic mass is 79.9. The molecule has 0 spiro atoms. The first kappa shape index (κ1) is 12.3. The van der Waals surface area contributed by atoms with Gasteiger partial charge in [-0.3, -0.25) is 0 Å². The molecule has 0 bridgehead atoms. The van der Waals surface area contributed by atoms with Crippen molar-refractivity contribution in [1.29, 1.82) is 0 Å². The van der Waals surface area contributed by atoms with Gasteiger partial charge in [-0.1, -0.05) is 12.2 Å². The molecule has 2 rings (SSSR count). The van der Waals surface area contributed by atoms with Crippen molar-refractivity contribution < 1.29 is 5.11 Å². The Kier molecular flexibility index (Phi) is 4.19. The predicted octanol–water partition coefficient (Wildman–Crippen LogP) is 2.85. The third kappa shape index (κ3) is 2.94. The maximum absolute atomic E-state index is 9.03. The minimum atomic E-state index is 0.262. The van der Waals surface area contributed by atoms with Crippen LogP contribution in [0.1, 0.15) is 16.9 Å². The van der Waals surface area contributed by atoms with Gasteiger partial charge < -0.3 is 10.4 Å². The summed E-state index contributed by atoms with van der Waals surface area (Å²) in [6, 6.07) is 2.63. The smallest absolute Gasteiger partial charge is 0.0730 e. The van der Waals surface area contributed by atoms with Crippen LogP contribution < -0.4 is 5.32 Å². The molecule has 1 aromatic rings. The molecule has 2 nitrogen and oxygen atoms in total. The van der Waals surface area contributed by atoms with Crippen LogP contribution in [-0.2, 0) is 6.54 Å². The topological polar surface area (TPSA) is 32.3 Å². The molecule has 0 radical (unpaired) electrons. The molecule has 0 saturated heterocycles. The second-order valence-corrected chi connectivity index (χ2v) is 6.67. The van der Waals surface area contributed by atoms with E-state index in [2.05, 4.69) is 46.4 Å². The van der Waals surface area contributed by atoms with E-state index >= 15 is 0 Å². The van der Waals surface area contributed by atoms with E-state index in [0.29, 0.717) is 12.0 Å². The molecule has 0 amide bonds. The first-order chi connectivity index (χ1) is 7.69. The van der Waals surface area contributed by atoms with Gasteiger partial charge in [0.2, 0.25) is 0 Å². The van der Waals surface area contributed by atoms with Crippen molar-refractivity contribution in [3.05, 3.63) is 32.4 Å².